The molecule has 1 spiro atoms. The van der Waals surface area contributed by atoms with Crippen molar-refractivity contribution >= 4 is 29.0 Å². The Bertz CT molecular complexity index is 1270. The summed E-state index contributed by atoms with van der Waals surface area (Å²) in [5.41, 5.74) is 1.93. The normalized spacial score (nSPS) is 18.7. The Hall–Kier alpha value is -2.60. The minimum absolute atomic E-state index is 0.0147. The monoisotopic (exact) mass is 537 g/mol. The molecule has 0 aromatic carbocycles. The number of pyridine rings is 1. The van der Waals surface area contributed by atoms with E-state index in [-0.39, 0.29) is 12.2 Å². The summed E-state index contributed by atoms with van der Waals surface area (Å²) in [5, 5.41) is 7.06. The quantitative estimate of drug-likeness (QED) is 0.505. The molecule has 1 amide bonds. The molecule has 1 N–H and O–H groups in total. The number of nitrogens with one attached hydrogen (secondary N) is 1. The number of alkyl halides is 2. The number of carbonyl (C=O) groups excluding carboxylic acids is 1. The Labute approximate surface area is 216 Å². The highest BCUT2D eigenvalue weighted by Gasteiger charge is 2.51. The average Bonchev–Trinajstić information content (AvgIpc) is 3.45. The van der Waals surface area contributed by atoms with Crippen molar-refractivity contribution in [1.29, 1.82) is 0 Å². The van der Waals surface area contributed by atoms with E-state index >= 15 is 0 Å². The molecule has 5 heterocycles. The highest BCUT2D eigenvalue weighted by Crippen LogP contribution is 2.52. The van der Waals surface area contributed by atoms with Gasteiger partial charge in [-0.05, 0) is 31.9 Å². The van der Waals surface area contributed by atoms with Gasteiger partial charge in [-0.1, -0.05) is 17.7 Å². The summed E-state index contributed by atoms with van der Waals surface area (Å²) in [5.74, 6) is -2.42. The van der Waals surface area contributed by atoms with Gasteiger partial charge in [-0.3, -0.25) is 4.90 Å². The number of piperidine rings is 1. The van der Waals surface area contributed by atoms with Crippen molar-refractivity contribution in [2.24, 2.45) is 0 Å². The van der Waals surface area contributed by atoms with Gasteiger partial charge in [0.15, 0.2) is 5.82 Å². The Kier molecular flexibility index (Phi) is 6.75. The second kappa shape index (κ2) is 9.70. The van der Waals surface area contributed by atoms with Crippen LogP contribution in [0, 0.1) is 6.92 Å². The Morgan fingerprint density at radius 2 is 2.11 bits per heavy atom. The third-order valence-corrected chi connectivity index (χ3v) is 8.19. The van der Waals surface area contributed by atoms with Crippen molar-refractivity contribution in [1.82, 2.24) is 25.0 Å². The Morgan fingerprint density at radius 3 is 2.86 bits per heavy atom. The molecule has 192 valence electrons. The lowest BCUT2D eigenvalue weighted by molar-refractivity contribution is -0.182. The van der Waals surface area contributed by atoms with Crippen molar-refractivity contribution in [3.8, 4) is 5.82 Å². The molecule has 1 saturated heterocycles. The van der Waals surface area contributed by atoms with Crippen molar-refractivity contribution in [2.45, 2.75) is 44.4 Å². The van der Waals surface area contributed by atoms with Gasteiger partial charge in [-0.2, -0.15) is 13.9 Å². The fourth-order valence-electron chi connectivity index (χ4n) is 4.75. The first-order valence-electron chi connectivity index (χ1n) is 11.6. The number of alkyl carbamates (subject to hydrolysis) is 1. The third-order valence-electron chi connectivity index (χ3n) is 6.75. The van der Waals surface area contributed by atoms with Crippen LogP contribution in [0.1, 0.15) is 40.1 Å². The number of hydrogen-bond acceptors (Lipinski definition) is 7. The molecule has 0 bridgehead atoms. The lowest BCUT2D eigenvalue weighted by Crippen LogP contribution is -2.48. The molecule has 2 aliphatic heterocycles. The lowest BCUT2D eigenvalue weighted by atomic mass is 9.84. The van der Waals surface area contributed by atoms with Crippen LogP contribution in [-0.4, -0.2) is 52.5 Å². The van der Waals surface area contributed by atoms with Gasteiger partial charge < -0.3 is 14.8 Å². The van der Waals surface area contributed by atoms with E-state index in [4.69, 9.17) is 21.1 Å². The zero-order chi connectivity index (χ0) is 25.5. The molecule has 3 aromatic rings. The van der Waals surface area contributed by atoms with Gasteiger partial charge >= 0.3 is 6.09 Å². The van der Waals surface area contributed by atoms with Crippen molar-refractivity contribution < 1.29 is 23.0 Å². The number of aryl methyl sites for hydroxylation is 1. The molecule has 12 heteroatoms. The summed E-state index contributed by atoms with van der Waals surface area (Å²) >= 11 is 7.32. The van der Waals surface area contributed by atoms with Crippen LogP contribution in [0.15, 0.2) is 30.6 Å². The maximum Gasteiger partial charge on any atom is 0.407 e. The summed E-state index contributed by atoms with van der Waals surface area (Å²) < 4.78 is 41.9. The topological polar surface area (TPSA) is 81.5 Å². The van der Waals surface area contributed by atoms with Crippen LogP contribution < -0.4 is 5.32 Å². The van der Waals surface area contributed by atoms with Gasteiger partial charge in [0.05, 0.1) is 10.0 Å². The number of thiophene rings is 1. The summed E-state index contributed by atoms with van der Waals surface area (Å²) in [7, 11) is 1.50. The van der Waals surface area contributed by atoms with Gasteiger partial charge in [0, 0.05) is 60.6 Å². The third kappa shape index (κ3) is 4.72. The van der Waals surface area contributed by atoms with E-state index in [1.807, 2.05) is 19.2 Å². The first-order valence-corrected chi connectivity index (χ1v) is 12.8. The van der Waals surface area contributed by atoms with E-state index in [1.165, 1.54) is 24.5 Å². The minimum atomic E-state index is -3.01. The number of amides is 1. The first kappa shape index (κ1) is 25.1. The van der Waals surface area contributed by atoms with Gasteiger partial charge in [-0.15, -0.1) is 11.3 Å². The molecule has 1 fully saturated rings. The zero-order valence-corrected chi connectivity index (χ0v) is 21.5. The number of aromatic nitrogens is 3. The van der Waals surface area contributed by atoms with Crippen LogP contribution in [-0.2, 0) is 34.1 Å². The van der Waals surface area contributed by atoms with Crippen LogP contribution >= 0.6 is 22.9 Å². The van der Waals surface area contributed by atoms with Gasteiger partial charge in [0.2, 0.25) is 0 Å². The highest BCUT2D eigenvalue weighted by atomic mass is 35.5. The SMILES string of the molecule is CNC(=O)OCc1cccnc1-n1cc(CN2CCC3(CC2)OCC(F)(F)c2cc(Cl)sc23)c(C)n1. The van der Waals surface area contributed by atoms with E-state index in [9.17, 15) is 13.6 Å². The van der Waals surface area contributed by atoms with Crippen molar-refractivity contribution in [3.63, 3.8) is 0 Å². The number of hydrogen-bond donors (Lipinski definition) is 1. The van der Waals surface area contributed by atoms with E-state index in [0.29, 0.717) is 47.5 Å². The van der Waals surface area contributed by atoms with Crippen LogP contribution in [0.4, 0.5) is 13.6 Å². The highest BCUT2D eigenvalue weighted by molar-refractivity contribution is 7.16. The van der Waals surface area contributed by atoms with E-state index in [1.54, 1.807) is 16.9 Å². The largest absolute Gasteiger partial charge is 0.445 e. The van der Waals surface area contributed by atoms with Crippen LogP contribution in [0.3, 0.4) is 0 Å². The van der Waals surface area contributed by atoms with Gasteiger partial charge in [0.25, 0.3) is 5.92 Å². The number of fused-ring (bicyclic) bond motifs is 2. The molecule has 5 rings (SSSR count). The van der Waals surface area contributed by atoms with Crippen LogP contribution in [0.25, 0.3) is 5.82 Å². The number of nitrogens with zero attached hydrogens (tertiary/aromatic N) is 4. The number of halogens is 3. The number of ether oxygens (including phenoxy) is 2. The van der Waals surface area contributed by atoms with Crippen LogP contribution in [0.5, 0.6) is 0 Å². The van der Waals surface area contributed by atoms with E-state index in [2.05, 4.69) is 20.3 Å². The Morgan fingerprint density at radius 1 is 1.33 bits per heavy atom. The fourth-order valence-corrected chi connectivity index (χ4v) is 6.23. The average molecular weight is 538 g/mol. The number of likely N-dealkylation sites (tertiary alicyclic amines) is 1. The first-order chi connectivity index (χ1) is 17.2. The second-order valence-corrected chi connectivity index (χ2v) is 10.7. The minimum Gasteiger partial charge on any atom is -0.445 e. The summed E-state index contributed by atoms with van der Waals surface area (Å²) in [6.07, 6.45) is 4.30. The smallest absolute Gasteiger partial charge is 0.407 e. The lowest BCUT2D eigenvalue weighted by Gasteiger charge is -2.45. The summed E-state index contributed by atoms with van der Waals surface area (Å²) in [6, 6.07) is 5.01. The Balaban J connectivity index is 1.29. The molecule has 0 aliphatic carbocycles. The maximum atomic E-state index is 14.4. The predicted molar refractivity (Wildman–Crippen MR) is 131 cm³/mol. The molecule has 0 atom stereocenters. The molecule has 8 nitrogen and oxygen atoms in total. The van der Waals surface area contributed by atoms with Gasteiger partial charge in [0.1, 0.15) is 18.8 Å². The summed E-state index contributed by atoms with van der Waals surface area (Å²) in [4.78, 5) is 18.8. The summed E-state index contributed by atoms with van der Waals surface area (Å²) in [6.45, 7) is 3.44. The number of rotatable bonds is 5. The van der Waals surface area contributed by atoms with Crippen LogP contribution in [0.2, 0.25) is 4.34 Å². The molecule has 0 unspecified atom stereocenters. The van der Waals surface area contributed by atoms with Gasteiger partial charge in [-0.25, -0.2) is 14.5 Å². The fraction of sp³-hybridized carbons (Fsp3) is 0.458. The molecule has 3 aromatic heterocycles. The second-order valence-electron chi connectivity index (χ2n) is 9.05. The maximum absolute atomic E-state index is 14.4. The predicted octanol–water partition coefficient (Wildman–Crippen LogP) is 4.76. The van der Waals surface area contributed by atoms with E-state index in [0.717, 1.165) is 16.8 Å². The number of carbonyl (C=O) groups is 1. The molecule has 36 heavy (non-hydrogen) atoms. The van der Waals surface area contributed by atoms with E-state index < -0.39 is 24.2 Å². The molecular weight excluding hydrogens is 512 g/mol. The molecular formula is C24H26ClF2N5O3S. The standard InChI is InChI=1S/C24H26ClF2N5O3S/c1-15-17(12-32(30-15)21-16(4-3-7-29-21)13-34-22(33)28-2)11-31-8-5-23(6-9-31)20-18(10-19(25)36-20)24(26,27)14-35-23/h3-4,7,10,12H,5-6,8-9,11,13-14H2,1-2H3,(H,28,33). The molecule has 2 aliphatic rings. The van der Waals surface area contributed by atoms with Crippen molar-refractivity contribution in [2.75, 3.05) is 26.7 Å². The molecule has 0 saturated carbocycles. The zero-order valence-electron chi connectivity index (χ0n) is 19.9. The molecule has 0 radical (unpaired) electrons. The van der Waals surface area contributed by atoms with Crippen molar-refractivity contribution in [3.05, 3.63) is 62.2 Å².